The maximum Gasteiger partial charge on any atom is 0.168 e. The summed E-state index contributed by atoms with van der Waals surface area (Å²) in [6, 6.07) is 11.6. The lowest BCUT2D eigenvalue weighted by atomic mass is 10.0. The van der Waals surface area contributed by atoms with E-state index in [2.05, 4.69) is 0 Å². The number of aliphatic hydroxyl groups excluding tert-OH is 1. The zero-order chi connectivity index (χ0) is 13.0. The van der Waals surface area contributed by atoms with E-state index in [0.717, 1.165) is 16.9 Å². The van der Waals surface area contributed by atoms with E-state index >= 15 is 0 Å². The Kier molecular flexibility index (Phi) is 3.95. The molecule has 0 radical (unpaired) electrons. The van der Waals surface area contributed by atoms with Crippen LogP contribution in [-0.4, -0.2) is 12.2 Å². The standard InChI is InChI=1S/C15H18NO2/c1-16-9-7-12(8-10-16)14(17)11-13-5-3-4-6-15(13)18-2/h3-10,14,17H,11H2,1-2H3/q+1/t14-/m1/s1. The van der Waals surface area contributed by atoms with Crippen molar-refractivity contribution in [3.8, 4) is 5.75 Å². The molecule has 0 saturated heterocycles. The van der Waals surface area contributed by atoms with Crippen molar-refractivity contribution in [1.82, 2.24) is 0 Å². The Hall–Kier alpha value is -1.87. The number of para-hydroxylation sites is 1. The zero-order valence-corrected chi connectivity index (χ0v) is 10.7. The van der Waals surface area contributed by atoms with Crippen molar-refractivity contribution in [3.05, 3.63) is 59.9 Å². The molecule has 1 aromatic heterocycles. The highest BCUT2D eigenvalue weighted by Gasteiger charge is 2.12. The van der Waals surface area contributed by atoms with Gasteiger partial charge < -0.3 is 9.84 Å². The number of benzene rings is 1. The highest BCUT2D eigenvalue weighted by Crippen LogP contribution is 2.24. The Bertz CT molecular complexity index is 508. The molecule has 2 rings (SSSR count). The number of aryl methyl sites for hydroxylation is 1. The number of hydrogen-bond acceptors (Lipinski definition) is 2. The van der Waals surface area contributed by atoms with E-state index in [0.29, 0.717) is 6.42 Å². The second kappa shape index (κ2) is 5.65. The third-order valence-electron chi connectivity index (χ3n) is 2.99. The Morgan fingerprint density at radius 1 is 1.17 bits per heavy atom. The van der Waals surface area contributed by atoms with Crippen molar-refractivity contribution in [1.29, 1.82) is 0 Å². The number of pyridine rings is 1. The SMILES string of the molecule is COc1ccccc1C[C@@H](O)c1cc[n+](C)cc1. The maximum absolute atomic E-state index is 10.2. The molecule has 0 bridgehead atoms. The third-order valence-corrected chi connectivity index (χ3v) is 2.99. The first-order valence-electron chi connectivity index (χ1n) is 5.96. The predicted molar refractivity (Wildman–Crippen MR) is 69.3 cm³/mol. The lowest BCUT2D eigenvalue weighted by molar-refractivity contribution is -0.671. The first kappa shape index (κ1) is 12.6. The van der Waals surface area contributed by atoms with Crippen LogP contribution in [0.4, 0.5) is 0 Å². The molecule has 0 unspecified atom stereocenters. The summed E-state index contributed by atoms with van der Waals surface area (Å²) in [5.74, 6) is 0.818. The van der Waals surface area contributed by atoms with Gasteiger partial charge in [-0.15, -0.1) is 0 Å². The third kappa shape index (κ3) is 2.87. The summed E-state index contributed by atoms with van der Waals surface area (Å²) >= 11 is 0. The van der Waals surface area contributed by atoms with Crippen LogP contribution in [0.15, 0.2) is 48.8 Å². The molecule has 3 nitrogen and oxygen atoms in total. The molecular weight excluding hydrogens is 226 g/mol. The van der Waals surface area contributed by atoms with Crippen LogP contribution < -0.4 is 9.30 Å². The fraction of sp³-hybridized carbons (Fsp3) is 0.267. The van der Waals surface area contributed by atoms with E-state index in [4.69, 9.17) is 4.74 Å². The smallest absolute Gasteiger partial charge is 0.168 e. The fourth-order valence-electron chi connectivity index (χ4n) is 1.93. The first-order valence-corrected chi connectivity index (χ1v) is 5.96. The molecule has 1 N–H and O–H groups in total. The summed E-state index contributed by atoms with van der Waals surface area (Å²) in [7, 11) is 3.60. The van der Waals surface area contributed by atoms with E-state index in [-0.39, 0.29) is 0 Å². The number of aliphatic hydroxyl groups is 1. The minimum Gasteiger partial charge on any atom is -0.496 e. The summed E-state index contributed by atoms with van der Waals surface area (Å²) in [4.78, 5) is 0. The normalized spacial score (nSPS) is 12.2. The van der Waals surface area contributed by atoms with Gasteiger partial charge in [-0.2, -0.15) is 0 Å². The van der Waals surface area contributed by atoms with Gasteiger partial charge in [0.05, 0.1) is 13.2 Å². The van der Waals surface area contributed by atoms with E-state index < -0.39 is 6.10 Å². The summed E-state index contributed by atoms with van der Waals surface area (Å²) in [6.07, 6.45) is 3.90. The number of hydrogen-bond donors (Lipinski definition) is 1. The molecule has 0 saturated carbocycles. The van der Waals surface area contributed by atoms with Crippen molar-refractivity contribution in [2.75, 3.05) is 7.11 Å². The Balaban J connectivity index is 2.15. The largest absolute Gasteiger partial charge is 0.496 e. The Labute approximate surface area is 107 Å². The zero-order valence-electron chi connectivity index (χ0n) is 10.7. The van der Waals surface area contributed by atoms with Crippen LogP contribution in [0.3, 0.4) is 0 Å². The lowest BCUT2D eigenvalue weighted by Gasteiger charge is -2.13. The number of ether oxygens (including phenoxy) is 1. The average molecular weight is 244 g/mol. The van der Waals surface area contributed by atoms with Gasteiger partial charge in [-0.25, -0.2) is 4.57 Å². The maximum atomic E-state index is 10.2. The van der Waals surface area contributed by atoms with Crippen LogP contribution in [0.5, 0.6) is 5.75 Å². The summed E-state index contributed by atoms with van der Waals surface area (Å²) in [5, 5.41) is 10.2. The van der Waals surface area contributed by atoms with Crippen molar-refractivity contribution in [2.24, 2.45) is 7.05 Å². The predicted octanol–water partition coefficient (Wildman–Crippen LogP) is 1.80. The number of methoxy groups -OCH3 is 1. The van der Waals surface area contributed by atoms with Crippen LogP contribution in [0.2, 0.25) is 0 Å². The molecule has 1 atom stereocenters. The van der Waals surface area contributed by atoms with Crippen LogP contribution in [0.25, 0.3) is 0 Å². The second-order valence-electron chi connectivity index (χ2n) is 4.33. The van der Waals surface area contributed by atoms with Crippen LogP contribution in [-0.2, 0) is 13.5 Å². The number of rotatable bonds is 4. The van der Waals surface area contributed by atoms with Crippen molar-refractivity contribution < 1.29 is 14.4 Å². The molecule has 94 valence electrons. The van der Waals surface area contributed by atoms with Crippen molar-refractivity contribution in [2.45, 2.75) is 12.5 Å². The summed E-state index contributed by atoms with van der Waals surface area (Å²) < 4.78 is 7.23. The van der Waals surface area contributed by atoms with Gasteiger partial charge in [0.25, 0.3) is 0 Å². The molecule has 0 aliphatic rings. The molecule has 1 aromatic carbocycles. The van der Waals surface area contributed by atoms with Gasteiger partial charge in [-0.1, -0.05) is 18.2 Å². The van der Waals surface area contributed by atoms with Gasteiger partial charge in [0.2, 0.25) is 0 Å². The average Bonchev–Trinajstić information content (AvgIpc) is 2.40. The molecule has 2 aromatic rings. The molecule has 0 spiro atoms. The molecule has 1 heterocycles. The summed E-state index contributed by atoms with van der Waals surface area (Å²) in [5.41, 5.74) is 1.93. The molecule has 0 aliphatic carbocycles. The molecule has 3 heteroatoms. The number of nitrogens with zero attached hydrogens (tertiary/aromatic N) is 1. The van der Waals surface area contributed by atoms with Crippen LogP contribution in [0, 0.1) is 0 Å². The molecule has 0 amide bonds. The van der Waals surface area contributed by atoms with E-state index in [1.807, 2.05) is 60.4 Å². The molecule has 0 aliphatic heterocycles. The quantitative estimate of drug-likeness (QED) is 0.832. The van der Waals surface area contributed by atoms with Crippen LogP contribution >= 0.6 is 0 Å². The minimum atomic E-state index is -0.512. The second-order valence-corrected chi connectivity index (χ2v) is 4.33. The van der Waals surface area contributed by atoms with Gasteiger partial charge >= 0.3 is 0 Å². The van der Waals surface area contributed by atoms with Gasteiger partial charge in [0, 0.05) is 18.6 Å². The topological polar surface area (TPSA) is 33.3 Å². The van der Waals surface area contributed by atoms with E-state index in [1.54, 1.807) is 7.11 Å². The number of aromatic nitrogens is 1. The fourth-order valence-corrected chi connectivity index (χ4v) is 1.93. The molecule has 0 fully saturated rings. The van der Waals surface area contributed by atoms with Crippen LogP contribution in [0.1, 0.15) is 17.2 Å². The highest BCUT2D eigenvalue weighted by atomic mass is 16.5. The monoisotopic (exact) mass is 244 g/mol. The minimum absolute atomic E-state index is 0.512. The van der Waals surface area contributed by atoms with Gasteiger partial charge in [0.15, 0.2) is 12.4 Å². The molecular formula is C15H18NO2+. The van der Waals surface area contributed by atoms with Crippen molar-refractivity contribution >= 4 is 0 Å². The molecule has 18 heavy (non-hydrogen) atoms. The Morgan fingerprint density at radius 2 is 1.83 bits per heavy atom. The van der Waals surface area contributed by atoms with E-state index in [1.165, 1.54) is 0 Å². The summed E-state index contributed by atoms with van der Waals surface area (Å²) in [6.45, 7) is 0. The lowest BCUT2D eigenvalue weighted by Crippen LogP contribution is -2.26. The van der Waals surface area contributed by atoms with Crippen molar-refractivity contribution in [3.63, 3.8) is 0 Å². The van der Waals surface area contributed by atoms with Gasteiger partial charge in [0.1, 0.15) is 12.8 Å². The van der Waals surface area contributed by atoms with E-state index in [9.17, 15) is 5.11 Å². The first-order chi connectivity index (χ1) is 8.70. The Morgan fingerprint density at radius 3 is 2.50 bits per heavy atom. The van der Waals surface area contributed by atoms with Gasteiger partial charge in [-0.3, -0.25) is 0 Å². The highest BCUT2D eigenvalue weighted by molar-refractivity contribution is 5.34. The van der Waals surface area contributed by atoms with Gasteiger partial charge in [-0.05, 0) is 17.2 Å².